The minimum Gasteiger partial charge on any atom is -0.375 e. The summed E-state index contributed by atoms with van der Waals surface area (Å²) in [7, 11) is 11.1. The minimum absolute atomic E-state index is 0.648. The highest BCUT2D eigenvalue weighted by Gasteiger charge is 1.76. The Labute approximate surface area is 41.3 Å². The van der Waals surface area contributed by atoms with Crippen molar-refractivity contribution in [2.45, 2.75) is 6.92 Å². The molecular formula is C2H3B3N. The molecule has 0 aromatic heterocycles. The lowest BCUT2D eigenvalue weighted by atomic mass is 9.52. The molecule has 0 fully saturated rings. The highest BCUT2D eigenvalue weighted by molar-refractivity contribution is 7.08. The molecule has 0 aliphatic carbocycles. The van der Waals surface area contributed by atoms with Gasteiger partial charge in [-0.05, 0) is 6.92 Å². The van der Waals surface area contributed by atoms with Crippen LogP contribution in [0, 0.1) is 0 Å². The second-order valence-corrected chi connectivity index (χ2v) is 0.937. The normalized spacial score (nSPS) is 11.2. The molecule has 0 unspecified atom stereocenters. The summed E-state index contributed by atoms with van der Waals surface area (Å²) in [6, 6.07) is 0. The van der Waals surface area contributed by atoms with Crippen LogP contribution in [0.15, 0.2) is 4.90 Å². The zero-order valence-electron chi connectivity index (χ0n) is 3.68. The van der Waals surface area contributed by atoms with Gasteiger partial charge in [0.1, 0.15) is 7.17 Å². The van der Waals surface area contributed by atoms with Gasteiger partial charge in [-0.2, -0.15) is 0 Å². The van der Waals surface area contributed by atoms with E-state index in [0.29, 0.717) is 5.61 Å². The fourth-order valence-corrected chi connectivity index (χ4v) is 0.0430. The molecule has 0 bridgehead atoms. The van der Waals surface area contributed by atoms with E-state index in [1.165, 1.54) is 7.17 Å². The van der Waals surface area contributed by atoms with Gasteiger partial charge in [0.15, 0.2) is 0 Å². The fraction of sp³-hybridized carbons (Fsp3) is 0.500. The van der Waals surface area contributed by atoms with Crippen LogP contribution in [0.3, 0.4) is 0 Å². The van der Waals surface area contributed by atoms with Crippen LogP contribution in [-0.2, 0) is 0 Å². The van der Waals surface area contributed by atoms with Crippen molar-refractivity contribution in [3.63, 3.8) is 0 Å². The number of hydrogen-bond donors (Lipinski definition) is 0. The monoisotopic (exact) mass is 74.1 g/mol. The van der Waals surface area contributed by atoms with E-state index in [0.717, 1.165) is 0 Å². The first-order valence-electron chi connectivity index (χ1n) is 1.60. The molecule has 0 saturated carbocycles. The van der Waals surface area contributed by atoms with Crippen LogP contribution in [0.2, 0.25) is 0 Å². The highest BCUT2D eigenvalue weighted by atomic mass is 14.5. The van der Waals surface area contributed by atoms with Crippen LogP contribution < -0.4 is 0 Å². The number of hydrogen-bond acceptors (Lipinski definition) is 1. The molecule has 25 valence electrons. The topological polar surface area (TPSA) is 12.4 Å². The van der Waals surface area contributed by atoms with Crippen molar-refractivity contribution in [3.8, 4) is 0 Å². The predicted octanol–water partition coefficient (Wildman–Crippen LogP) is -0.724. The van der Waals surface area contributed by atoms with Crippen LogP contribution in [0.1, 0.15) is 6.92 Å². The van der Waals surface area contributed by atoms with E-state index >= 15 is 0 Å². The Balaban J connectivity index is 3.22. The largest absolute Gasteiger partial charge is 0.375 e. The lowest BCUT2D eigenvalue weighted by Crippen LogP contribution is -2.02. The molecule has 5 radical (unpaired) electrons. The van der Waals surface area contributed by atoms with E-state index in [4.69, 9.17) is 15.7 Å². The number of nitrogens with zero attached hydrogens (tertiary/aromatic N) is 1. The maximum absolute atomic E-state index is 4.95. The van der Waals surface area contributed by atoms with Crippen molar-refractivity contribution in [2.75, 3.05) is 0 Å². The first-order valence-corrected chi connectivity index (χ1v) is 1.60. The Bertz CT molecular complexity index is 59.8. The highest BCUT2D eigenvalue weighted by Crippen LogP contribution is 1.61. The maximum atomic E-state index is 4.95. The van der Waals surface area contributed by atoms with Gasteiger partial charge in [-0.1, -0.05) is 5.61 Å². The molecule has 0 N–H and O–H groups in total. The van der Waals surface area contributed by atoms with Gasteiger partial charge in [-0.25, -0.2) is 0 Å². The molecule has 0 amide bonds. The van der Waals surface area contributed by atoms with E-state index in [-0.39, 0.29) is 0 Å². The van der Waals surface area contributed by atoms with Crippen molar-refractivity contribution >= 4 is 28.5 Å². The molecule has 0 aliphatic heterocycles. The molecule has 1 nitrogen and oxygen atoms in total. The lowest BCUT2D eigenvalue weighted by Gasteiger charge is -1.83. The van der Waals surface area contributed by atoms with Crippen molar-refractivity contribution in [2.24, 2.45) is 4.90 Å². The summed E-state index contributed by atoms with van der Waals surface area (Å²) in [6.07, 6.45) is 0. The van der Waals surface area contributed by atoms with Gasteiger partial charge in [0, 0.05) is 7.74 Å². The van der Waals surface area contributed by atoms with E-state index in [1.54, 1.807) is 6.92 Å². The number of rotatable bonds is 1. The molecule has 0 aromatic carbocycles. The molecule has 4 heteroatoms. The molecule has 0 heterocycles. The molecule has 6 heavy (non-hydrogen) atoms. The Kier molecular flexibility index (Phi) is 3.00. The smallest absolute Gasteiger partial charge is 0.257 e. The SMILES string of the molecule is [B][B]C(C)=N[B]. The summed E-state index contributed by atoms with van der Waals surface area (Å²) in [6.45, 7) is 1.72. The van der Waals surface area contributed by atoms with Crippen LogP contribution in [0.4, 0.5) is 0 Å². The zero-order valence-corrected chi connectivity index (χ0v) is 3.68. The van der Waals surface area contributed by atoms with Gasteiger partial charge in [-0.3, -0.25) is 0 Å². The summed E-state index contributed by atoms with van der Waals surface area (Å²) in [4.78, 5) is 3.24. The zero-order chi connectivity index (χ0) is 4.99. The van der Waals surface area contributed by atoms with Gasteiger partial charge in [0.25, 0.3) is 7.98 Å². The van der Waals surface area contributed by atoms with Crippen LogP contribution >= 0.6 is 0 Å². The first kappa shape index (κ1) is 5.86. The second-order valence-electron chi connectivity index (χ2n) is 0.937. The Hall–Kier alpha value is -0.135. The summed E-state index contributed by atoms with van der Waals surface area (Å²) in [5, 5.41) is 0. The average molecular weight is 73.5 g/mol. The van der Waals surface area contributed by atoms with Crippen LogP contribution in [0.5, 0.6) is 0 Å². The second kappa shape index (κ2) is 3.07. The van der Waals surface area contributed by atoms with Gasteiger partial charge < -0.3 is 4.90 Å². The predicted molar refractivity (Wildman–Crippen MR) is 30.4 cm³/mol. The minimum atomic E-state index is 0.648. The van der Waals surface area contributed by atoms with Gasteiger partial charge in [0.2, 0.25) is 0 Å². The lowest BCUT2D eigenvalue weighted by molar-refractivity contribution is 1.83. The Morgan fingerprint density at radius 1 is 1.83 bits per heavy atom. The first-order chi connectivity index (χ1) is 2.81. The third-order valence-corrected chi connectivity index (χ3v) is 0.445. The van der Waals surface area contributed by atoms with E-state index in [2.05, 4.69) is 4.90 Å². The Morgan fingerprint density at radius 2 is 2.33 bits per heavy atom. The molecule has 0 aliphatic rings. The summed E-state index contributed by atoms with van der Waals surface area (Å²) in [5.74, 6) is 0. The third-order valence-electron chi connectivity index (χ3n) is 0.445. The van der Waals surface area contributed by atoms with Crippen LogP contribution in [-0.4, -0.2) is 28.5 Å². The Morgan fingerprint density at radius 3 is 2.33 bits per heavy atom. The van der Waals surface area contributed by atoms with Crippen molar-refractivity contribution in [1.29, 1.82) is 0 Å². The molecule has 0 atom stereocenters. The third kappa shape index (κ3) is 2.12. The molecule has 0 rings (SSSR count). The molecule has 0 saturated heterocycles. The van der Waals surface area contributed by atoms with Crippen LogP contribution in [0.25, 0.3) is 0 Å². The molecule has 0 spiro atoms. The van der Waals surface area contributed by atoms with E-state index < -0.39 is 0 Å². The summed E-state index contributed by atoms with van der Waals surface area (Å²) >= 11 is 0. The van der Waals surface area contributed by atoms with E-state index in [9.17, 15) is 0 Å². The van der Waals surface area contributed by atoms with Crippen molar-refractivity contribution in [3.05, 3.63) is 0 Å². The fourth-order valence-electron chi connectivity index (χ4n) is 0.0430. The van der Waals surface area contributed by atoms with Gasteiger partial charge in [-0.15, -0.1) is 0 Å². The summed E-state index contributed by atoms with van der Waals surface area (Å²) < 4.78 is 0. The van der Waals surface area contributed by atoms with Gasteiger partial charge in [0.05, 0.1) is 0 Å². The van der Waals surface area contributed by atoms with Crippen molar-refractivity contribution < 1.29 is 0 Å². The standard InChI is InChI=1S/C2H3B3N/c1-2(5-3)6-4/h1H3. The maximum Gasteiger partial charge on any atom is 0.257 e. The molecular weight excluding hydrogens is 70.5 g/mol. The summed E-state index contributed by atoms with van der Waals surface area (Å²) in [5.41, 5.74) is 0.648. The van der Waals surface area contributed by atoms with E-state index in [1.807, 2.05) is 0 Å². The molecule has 0 aromatic rings. The van der Waals surface area contributed by atoms with Gasteiger partial charge >= 0.3 is 0 Å². The van der Waals surface area contributed by atoms with Crippen molar-refractivity contribution in [1.82, 2.24) is 0 Å². The average Bonchev–Trinajstić information content (AvgIpc) is 1.65. The quantitative estimate of drug-likeness (QED) is 0.287.